The third-order valence-corrected chi connectivity index (χ3v) is 4.88. The second-order valence-electron chi connectivity index (χ2n) is 7.12. The first-order valence-corrected chi connectivity index (χ1v) is 8.77. The highest BCUT2D eigenvalue weighted by molar-refractivity contribution is 5.76. The molecule has 1 aliphatic carbocycles. The fourth-order valence-corrected chi connectivity index (χ4v) is 3.42. The quantitative estimate of drug-likeness (QED) is 0.881. The molecular weight excluding hydrogens is 304 g/mol. The topological polar surface area (TPSA) is 63.3 Å². The summed E-state index contributed by atoms with van der Waals surface area (Å²) in [5.74, 6) is 1.19. The van der Waals surface area contributed by atoms with Gasteiger partial charge in [-0.3, -0.25) is 14.4 Å². The van der Waals surface area contributed by atoms with Gasteiger partial charge in [-0.1, -0.05) is 0 Å². The van der Waals surface area contributed by atoms with Crippen LogP contribution in [0.15, 0.2) is 35.3 Å². The van der Waals surface area contributed by atoms with E-state index in [0.29, 0.717) is 24.8 Å². The zero-order valence-corrected chi connectivity index (χ0v) is 13.9. The average molecular weight is 328 g/mol. The molecule has 1 fully saturated rings. The third kappa shape index (κ3) is 3.87. The summed E-state index contributed by atoms with van der Waals surface area (Å²) < 4.78 is 7.27. The SMILES string of the molecule is O=C(CC1CC1)NC[C@H]1CN(Cc2ccoc2)Cc2ccnn2C1. The van der Waals surface area contributed by atoms with Crippen LogP contribution in [0.3, 0.4) is 0 Å². The number of carbonyl (C=O) groups is 1. The number of rotatable bonds is 6. The highest BCUT2D eigenvalue weighted by Gasteiger charge is 2.26. The zero-order valence-electron chi connectivity index (χ0n) is 13.9. The summed E-state index contributed by atoms with van der Waals surface area (Å²) in [6.45, 7) is 4.24. The summed E-state index contributed by atoms with van der Waals surface area (Å²) in [5.41, 5.74) is 2.41. The minimum atomic E-state index is 0.198. The fourth-order valence-electron chi connectivity index (χ4n) is 3.42. The van der Waals surface area contributed by atoms with Crippen LogP contribution < -0.4 is 5.32 Å². The van der Waals surface area contributed by atoms with Crippen molar-refractivity contribution in [2.75, 3.05) is 13.1 Å². The van der Waals surface area contributed by atoms with E-state index in [1.165, 1.54) is 24.1 Å². The summed E-state index contributed by atoms with van der Waals surface area (Å²) in [4.78, 5) is 14.4. The molecule has 1 atom stereocenters. The van der Waals surface area contributed by atoms with E-state index in [4.69, 9.17) is 4.42 Å². The molecule has 0 bridgehead atoms. The van der Waals surface area contributed by atoms with E-state index in [2.05, 4.69) is 26.1 Å². The van der Waals surface area contributed by atoms with Crippen LogP contribution in [0.2, 0.25) is 0 Å². The van der Waals surface area contributed by atoms with E-state index < -0.39 is 0 Å². The van der Waals surface area contributed by atoms with Crippen LogP contribution in [0.4, 0.5) is 0 Å². The van der Waals surface area contributed by atoms with E-state index in [0.717, 1.165) is 26.2 Å². The average Bonchev–Trinajstić information content (AvgIpc) is 3.08. The van der Waals surface area contributed by atoms with E-state index in [1.807, 2.05) is 12.3 Å². The van der Waals surface area contributed by atoms with Gasteiger partial charge in [-0.15, -0.1) is 0 Å². The molecule has 0 aromatic carbocycles. The van der Waals surface area contributed by atoms with Gasteiger partial charge in [0.2, 0.25) is 5.91 Å². The van der Waals surface area contributed by atoms with Gasteiger partial charge < -0.3 is 9.73 Å². The molecule has 4 rings (SSSR count). The third-order valence-electron chi connectivity index (χ3n) is 4.88. The van der Waals surface area contributed by atoms with Gasteiger partial charge in [0.1, 0.15) is 0 Å². The predicted octanol–water partition coefficient (Wildman–Crippen LogP) is 2.02. The predicted molar refractivity (Wildman–Crippen MR) is 88.9 cm³/mol. The second-order valence-corrected chi connectivity index (χ2v) is 7.12. The molecule has 128 valence electrons. The van der Waals surface area contributed by atoms with E-state index in [-0.39, 0.29) is 5.91 Å². The second kappa shape index (κ2) is 6.81. The molecule has 0 radical (unpaired) electrons. The number of aromatic nitrogens is 2. The number of hydrogen-bond donors (Lipinski definition) is 1. The van der Waals surface area contributed by atoms with Crippen LogP contribution in [0.1, 0.15) is 30.5 Å². The lowest BCUT2D eigenvalue weighted by molar-refractivity contribution is -0.121. The van der Waals surface area contributed by atoms with Crippen molar-refractivity contribution >= 4 is 5.91 Å². The van der Waals surface area contributed by atoms with Crippen molar-refractivity contribution < 1.29 is 9.21 Å². The summed E-state index contributed by atoms with van der Waals surface area (Å²) in [6.07, 6.45) is 8.50. The van der Waals surface area contributed by atoms with Crippen LogP contribution in [-0.2, 0) is 24.4 Å². The lowest BCUT2D eigenvalue weighted by atomic mass is 10.1. The molecule has 2 aliphatic rings. The first-order valence-electron chi connectivity index (χ1n) is 8.77. The molecule has 1 saturated carbocycles. The molecule has 24 heavy (non-hydrogen) atoms. The molecule has 1 aliphatic heterocycles. The monoisotopic (exact) mass is 328 g/mol. The Morgan fingerprint density at radius 1 is 1.29 bits per heavy atom. The molecule has 6 nitrogen and oxygen atoms in total. The fraction of sp³-hybridized carbons (Fsp3) is 0.556. The summed E-state index contributed by atoms with van der Waals surface area (Å²) >= 11 is 0. The summed E-state index contributed by atoms with van der Waals surface area (Å²) in [5, 5.41) is 7.57. The molecule has 2 aromatic heterocycles. The Morgan fingerprint density at radius 3 is 3.00 bits per heavy atom. The van der Waals surface area contributed by atoms with Crippen LogP contribution in [0.25, 0.3) is 0 Å². The number of nitrogens with zero attached hydrogens (tertiary/aromatic N) is 3. The number of fused-ring (bicyclic) bond motifs is 1. The Morgan fingerprint density at radius 2 is 2.21 bits per heavy atom. The standard InChI is InChI=1S/C18H24N4O2/c23-18(7-14-1-2-14)19-8-16-10-21(9-15-4-6-24-13-15)12-17-3-5-20-22(17)11-16/h3-6,13-14,16H,1-2,7-12H2,(H,19,23)/t16-/m0/s1. The first-order chi connectivity index (χ1) is 11.8. The van der Waals surface area contributed by atoms with Gasteiger partial charge in [-0.25, -0.2) is 0 Å². The van der Waals surface area contributed by atoms with E-state index in [1.54, 1.807) is 12.5 Å². The maximum absolute atomic E-state index is 12.0. The molecule has 1 N–H and O–H groups in total. The van der Waals surface area contributed by atoms with Gasteiger partial charge in [0.15, 0.2) is 0 Å². The van der Waals surface area contributed by atoms with Gasteiger partial charge >= 0.3 is 0 Å². The van der Waals surface area contributed by atoms with Crippen molar-refractivity contribution in [1.29, 1.82) is 0 Å². The lowest BCUT2D eigenvalue weighted by Crippen LogP contribution is -2.36. The summed E-state index contributed by atoms with van der Waals surface area (Å²) in [6, 6.07) is 4.09. The largest absolute Gasteiger partial charge is 0.472 e. The van der Waals surface area contributed by atoms with Gasteiger partial charge in [0.05, 0.1) is 18.2 Å². The number of carbonyl (C=O) groups excluding carboxylic acids is 1. The first kappa shape index (κ1) is 15.4. The molecule has 3 heterocycles. The van der Waals surface area contributed by atoms with Gasteiger partial charge in [0, 0.05) is 56.8 Å². The molecular formula is C18H24N4O2. The lowest BCUT2D eigenvalue weighted by Gasteiger charge is -2.23. The highest BCUT2D eigenvalue weighted by Crippen LogP contribution is 2.32. The van der Waals surface area contributed by atoms with Gasteiger partial charge in [-0.2, -0.15) is 5.10 Å². The van der Waals surface area contributed by atoms with Crippen molar-refractivity contribution in [2.45, 2.75) is 38.9 Å². The van der Waals surface area contributed by atoms with Crippen LogP contribution in [-0.4, -0.2) is 33.7 Å². The molecule has 0 spiro atoms. The van der Waals surface area contributed by atoms with Crippen molar-refractivity contribution in [1.82, 2.24) is 20.0 Å². The van der Waals surface area contributed by atoms with Crippen LogP contribution >= 0.6 is 0 Å². The number of amides is 1. The van der Waals surface area contributed by atoms with E-state index in [9.17, 15) is 4.79 Å². The van der Waals surface area contributed by atoms with Crippen LogP contribution in [0, 0.1) is 11.8 Å². The number of furan rings is 1. The van der Waals surface area contributed by atoms with Crippen molar-refractivity contribution in [3.8, 4) is 0 Å². The molecule has 2 aromatic rings. The maximum atomic E-state index is 12.0. The van der Waals surface area contributed by atoms with Gasteiger partial charge in [0.25, 0.3) is 0 Å². The van der Waals surface area contributed by atoms with E-state index >= 15 is 0 Å². The van der Waals surface area contributed by atoms with Crippen molar-refractivity contribution in [3.05, 3.63) is 42.1 Å². The Labute approximate surface area is 141 Å². The number of nitrogens with one attached hydrogen (secondary N) is 1. The molecule has 0 saturated heterocycles. The Kier molecular flexibility index (Phi) is 4.38. The Hall–Kier alpha value is -2.08. The Balaban J connectivity index is 1.39. The Bertz CT molecular complexity index is 675. The zero-order chi connectivity index (χ0) is 16.4. The minimum absolute atomic E-state index is 0.198. The molecule has 1 amide bonds. The molecule has 6 heteroatoms. The normalized spacial score (nSPS) is 21.2. The minimum Gasteiger partial charge on any atom is -0.472 e. The molecule has 0 unspecified atom stereocenters. The summed E-state index contributed by atoms with van der Waals surface area (Å²) in [7, 11) is 0. The smallest absolute Gasteiger partial charge is 0.220 e. The van der Waals surface area contributed by atoms with Crippen molar-refractivity contribution in [3.63, 3.8) is 0 Å². The number of hydrogen-bond acceptors (Lipinski definition) is 4. The van der Waals surface area contributed by atoms with Gasteiger partial charge in [-0.05, 0) is 30.9 Å². The maximum Gasteiger partial charge on any atom is 0.220 e. The highest BCUT2D eigenvalue weighted by atomic mass is 16.3. The van der Waals surface area contributed by atoms with Crippen molar-refractivity contribution in [2.24, 2.45) is 11.8 Å². The van der Waals surface area contributed by atoms with Crippen LogP contribution in [0.5, 0.6) is 0 Å².